The van der Waals surface area contributed by atoms with Gasteiger partial charge in [-0.2, -0.15) is 13.2 Å². The summed E-state index contributed by atoms with van der Waals surface area (Å²) in [5, 5.41) is 14.0. The van der Waals surface area contributed by atoms with Gasteiger partial charge in [0.1, 0.15) is 10.8 Å². The van der Waals surface area contributed by atoms with E-state index in [2.05, 4.69) is 21.2 Å². The smallest absolute Gasteiger partial charge is 0.309 e. The molecule has 3 heterocycles. The molecule has 10 heteroatoms. The van der Waals surface area contributed by atoms with Crippen LogP contribution in [0.25, 0.3) is 10.6 Å². The molecule has 0 spiro atoms. The molecular formula is C19H15F3N4S3. The molecule has 4 nitrogen and oxygen atoms in total. The van der Waals surface area contributed by atoms with Crippen molar-refractivity contribution in [3.8, 4) is 10.6 Å². The first-order valence-corrected chi connectivity index (χ1v) is 11.3. The molecule has 29 heavy (non-hydrogen) atoms. The van der Waals surface area contributed by atoms with Crippen LogP contribution in [0.15, 0.2) is 52.3 Å². The lowest BCUT2D eigenvalue weighted by molar-refractivity contribution is -0.137. The van der Waals surface area contributed by atoms with Gasteiger partial charge in [-0.1, -0.05) is 30.0 Å². The highest BCUT2D eigenvalue weighted by atomic mass is 32.2. The predicted octanol–water partition coefficient (Wildman–Crippen LogP) is 5.90. The third-order valence-corrected chi connectivity index (χ3v) is 7.07. The van der Waals surface area contributed by atoms with Crippen molar-refractivity contribution in [1.82, 2.24) is 19.7 Å². The fourth-order valence-corrected chi connectivity index (χ4v) is 5.10. The van der Waals surface area contributed by atoms with E-state index in [0.717, 1.165) is 35.2 Å². The Labute approximate surface area is 177 Å². The fourth-order valence-electron chi connectivity index (χ4n) is 2.64. The van der Waals surface area contributed by atoms with E-state index in [1.165, 1.54) is 40.1 Å². The molecule has 4 rings (SSSR count). The Morgan fingerprint density at radius 3 is 2.55 bits per heavy atom. The van der Waals surface area contributed by atoms with E-state index in [-0.39, 0.29) is 0 Å². The third kappa shape index (κ3) is 4.71. The first kappa shape index (κ1) is 20.1. The molecule has 0 amide bonds. The Morgan fingerprint density at radius 2 is 1.86 bits per heavy atom. The zero-order chi connectivity index (χ0) is 20.4. The molecule has 0 unspecified atom stereocenters. The Bertz CT molecular complexity index is 1080. The molecule has 0 radical (unpaired) electrons. The average molecular weight is 453 g/mol. The van der Waals surface area contributed by atoms with Gasteiger partial charge in [-0.15, -0.1) is 32.9 Å². The van der Waals surface area contributed by atoms with Crippen LogP contribution in [0, 0.1) is 0 Å². The van der Waals surface area contributed by atoms with Crippen LogP contribution in [0.2, 0.25) is 0 Å². The average Bonchev–Trinajstić information content (AvgIpc) is 3.43. The predicted molar refractivity (Wildman–Crippen MR) is 110 cm³/mol. The Balaban J connectivity index is 1.40. The van der Waals surface area contributed by atoms with Crippen molar-refractivity contribution in [2.24, 2.45) is 7.05 Å². The number of rotatable bonds is 6. The molecule has 0 saturated heterocycles. The second-order valence-corrected chi connectivity index (χ2v) is 9.05. The van der Waals surface area contributed by atoms with Crippen LogP contribution in [0.4, 0.5) is 13.2 Å². The molecule has 0 aliphatic heterocycles. The van der Waals surface area contributed by atoms with Crippen molar-refractivity contribution >= 4 is 34.4 Å². The van der Waals surface area contributed by atoms with Gasteiger partial charge in [0.25, 0.3) is 0 Å². The molecule has 0 bridgehead atoms. The summed E-state index contributed by atoms with van der Waals surface area (Å²) in [5.74, 6) is 1.51. The van der Waals surface area contributed by atoms with Crippen LogP contribution in [0.1, 0.15) is 22.0 Å². The van der Waals surface area contributed by atoms with Crippen LogP contribution in [-0.2, 0) is 25.4 Å². The monoisotopic (exact) mass is 452 g/mol. The summed E-state index contributed by atoms with van der Waals surface area (Å²) in [6.07, 6.45) is -3.59. The van der Waals surface area contributed by atoms with Gasteiger partial charge in [-0.3, -0.25) is 0 Å². The van der Waals surface area contributed by atoms with Crippen molar-refractivity contribution in [1.29, 1.82) is 0 Å². The number of benzene rings is 1. The van der Waals surface area contributed by atoms with Crippen LogP contribution < -0.4 is 0 Å². The summed E-state index contributed by atoms with van der Waals surface area (Å²) in [4.78, 5) is 5.78. The Kier molecular flexibility index (Phi) is 5.75. The summed E-state index contributed by atoms with van der Waals surface area (Å²) < 4.78 is 40.1. The highest BCUT2D eigenvalue weighted by molar-refractivity contribution is 7.98. The Morgan fingerprint density at radius 1 is 1.07 bits per heavy atom. The van der Waals surface area contributed by atoms with Gasteiger partial charge >= 0.3 is 6.18 Å². The second-order valence-electron chi connectivity index (χ2n) is 6.22. The zero-order valence-electron chi connectivity index (χ0n) is 15.2. The number of thiazole rings is 1. The van der Waals surface area contributed by atoms with Gasteiger partial charge in [0, 0.05) is 35.0 Å². The number of hydrogen-bond donors (Lipinski definition) is 0. The lowest BCUT2D eigenvalue weighted by Gasteiger charge is -2.06. The summed E-state index contributed by atoms with van der Waals surface area (Å²) in [7, 11) is 1.94. The van der Waals surface area contributed by atoms with Crippen molar-refractivity contribution < 1.29 is 13.2 Å². The van der Waals surface area contributed by atoms with E-state index in [1.54, 1.807) is 11.3 Å². The summed E-state index contributed by atoms with van der Waals surface area (Å²) in [6, 6.07) is 9.17. The van der Waals surface area contributed by atoms with Crippen molar-refractivity contribution in [3.63, 3.8) is 0 Å². The minimum atomic E-state index is -4.33. The topological polar surface area (TPSA) is 43.6 Å². The zero-order valence-corrected chi connectivity index (χ0v) is 17.6. The second kappa shape index (κ2) is 8.29. The maximum absolute atomic E-state index is 12.7. The maximum Gasteiger partial charge on any atom is 0.416 e. The van der Waals surface area contributed by atoms with E-state index in [4.69, 9.17) is 0 Å². The summed E-state index contributed by atoms with van der Waals surface area (Å²) in [6.45, 7) is 0. The molecule has 0 saturated carbocycles. The first-order valence-electron chi connectivity index (χ1n) is 8.55. The minimum absolute atomic E-state index is 0.613. The largest absolute Gasteiger partial charge is 0.416 e. The van der Waals surface area contributed by atoms with Crippen molar-refractivity contribution in [3.05, 3.63) is 69.1 Å². The fraction of sp³-hybridized carbons (Fsp3) is 0.211. The van der Waals surface area contributed by atoms with Crippen LogP contribution in [0.3, 0.4) is 0 Å². The van der Waals surface area contributed by atoms with Crippen molar-refractivity contribution in [2.45, 2.75) is 23.5 Å². The van der Waals surface area contributed by atoms with Crippen LogP contribution in [-0.4, -0.2) is 19.7 Å². The van der Waals surface area contributed by atoms with Gasteiger partial charge in [0.05, 0.1) is 11.3 Å². The van der Waals surface area contributed by atoms with E-state index in [0.29, 0.717) is 16.3 Å². The molecule has 0 atom stereocenters. The number of aromatic nitrogens is 4. The van der Waals surface area contributed by atoms with E-state index < -0.39 is 11.7 Å². The number of thiophene rings is 1. The van der Waals surface area contributed by atoms with Gasteiger partial charge in [0.15, 0.2) is 5.16 Å². The van der Waals surface area contributed by atoms with Crippen molar-refractivity contribution in [2.75, 3.05) is 0 Å². The number of halogens is 3. The van der Waals surface area contributed by atoms with Gasteiger partial charge in [-0.25, -0.2) is 4.98 Å². The van der Waals surface area contributed by atoms with Crippen LogP contribution >= 0.6 is 34.4 Å². The Hall–Kier alpha value is -2.17. The third-order valence-electron chi connectivity index (χ3n) is 4.20. The summed E-state index contributed by atoms with van der Waals surface area (Å²) in [5.41, 5.74) is 0.878. The van der Waals surface area contributed by atoms with Gasteiger partial charge in [-0.05, 0) is 23.6 Å². The molecule has 0 aliphatic rings. The maximum atomic E-state index is 12.7. The molecule has 1 aromatic carbocycles. The molecule has 4 aromatic rings. The van der Waals surface area contributed by atoms with E-state index in [9.17, 15) is 13.2 Å². The standard InChI is InChI=1S/C19H15F3N4S3/c1-26-16(9-15-3-2-8-27-15)24-25-18(26)29-11-14-10-28-17(23-14)12-4-6-13(7-5-12)19(20,21)22/h2-8,10H,9,11H2,1H3. The van der Waals surface area contributed by atoms with Gasteiger partial charge in [0.2, 0.25) is 0 Å². The quantitative estimate of drug-likeness (QED) is 0.342. The molecular weight excluding hydrogens is 437 g/mol. The molecule has 0 fully saturated rings. The first-order chi connectivity index (χ1) is 13.9. The lowest BCUT2D eigenvalue weighted by Crippen LogP contribution is -2.03. The highest BCUT2D eigenvalue weighted by Gasteiger charge is 2.30. The number of thioether (sulfide) groups is 1. The number of hydrogen-bond acceptors (Lipinski definition) is 6. The normalized spacial score (nSPS) is 11.9. The van der Waals surface area contributed by atoms with Crippen LogP contribution in [0.5, 0.6) is 0 Å². The lowest BCUT2D eigenvalue weighted by atomic mass is 10.1. The SMILES string of the molecule is Cn1c(Cc2cccs2)nnc1SCc1csc(-c2ccc(C(F)(F)F)cc2)n1. The highest BCUT2D eigenvalue weighted by Crippen LogP contribution is 2.32. The minimum Gasteiger partial charge on any atom is -0.309 e. The molecule has 0 aliphatic carbocycles. The summed E-state index contributed by atoms with van der Waals surface area (Å²) >= 11 is 4.64. The van der Waals surface area contributed by atoms with Gasteiger partial charge < -0.3 is 4.57 Å². The molecule has 3 aromatic heterocycles. The molecule has 0 N–H and O–H groups in total. The molecule has 150 valence electrons. The van der Waals surface area contributed by atoms with E-state index in [1.807, 2.05) is 28.4 Å². The number of alkyl halides is 3. The van der Waals surface area contributed by atoms with E-state index >= 15 is 0 Å². The number of nitrogens with zero attached hydrogens (tertiary/aromatic N) is 4.